The Labute approximate surface area is 149 Å². The summed E-state index contributed by atoms with van der Waals surface area (Å²) in [7, 11) is 0. The van der Waals surface area contributed by atoms with E-state index in [-0.39, 0.29) is 11.9 Å². The third kappa shape index (κ3) is 4.95. The average Bonchev–Trinajstić information content (AvgIpc) is 2.90. The summed E-state index contributed by atoms with van der Waals surface area (Å²) in [4.78, 5) is 25.5. The number of hydrogen-bond acceptors (Lipinski definition) is 3. The molecule has 6 nitrogen and oxygen atoms in total. The number of carbonyl (C=O) groups is 2. The van der Waals surface area contributed by atoms with E-state index in [1.807, 2.05) is 12.1 Å². The molecule has 3 amide bonds. The van der Waals surface area contributed by atoms with Crippen molar-refractivity contribution >= 4 is 17.6 Å². The fourth-order valence-electron chi connectivity index (χ4n) is 3.55. The molecular weight excluding hydrogens is 316 g/mol. The molecule has 3 rings (SSSR count). The Kier molecular flexibility index (Phi) is 6.28. The third-order valence-corrected chi connectivity index (χ3v) is 5.00. The van der Waals surface area contributed by atoms with E-state index in [2.05, 4.69) is 16.0 Å². The van der Waals surface area contributed by atoms with Crippen LogP contribution < -0.4 is 20.9 Å². The van der Waals surface area contributed by atoms with Gasteiger partial charge in [-0.3, -0.25) is 9.69 Å². The summed E-state index contributed by atoms with van der Waals surface area (Å²) >= 11 is 0. The van der Waals surface area contributed by atoms with E-state index in [0.29, 0.717) is 31.2 Å². The topological polar surface area (TPSA) is 73.5 Å². The lowest BCUT2D eigenvalue weighted by Gasteiger charge is -2.16. The van der Waals surface area contributed by atoms with E-state index in [1.54, 1.807) is 17.0 Å². The molecule has 6 heteroatoms. The van der Waals surface area contributed by atoms with Gasteiger partial charge in [-0.15, -0.1) is 0 Å². The average molecular weight is 344 g/mol. The summed E-state index contributed by atoms with van der Waals surface area (Å²) in [5.41, 5.74) is 1.44. The molecule has 2 fully saturated rings. The second-order valence-electron chi connectivity index (χ2n) is 6.83. The normalized spacial score (nSPS) is 18.7. The zero-order valence-electron chi connectivity index (χ0n) is 14.7. The quantitative estimate of drug-likeness (QED) is 0.547. The van der Waals surface area contributed by atoms with Gasteiger partial charge in [0.2, 0.25) is 0 Å². The van der Waals surface area contributed by atoms with Gasteiger partial charge in [0.1, 0.15) is 0 Å². The molecule has 0 bridgehead atoms. The number of urea groups is 1. The van der Waals surface area contributed by atoms with Crippen LogP contribution in [0, 0.1) is 0 Å². The summed E-state index contributed by atoms with van der Waals surface area (Å²) < 4.78 is 0. The van der Waals surface area contributed by atoms with Crippen molar-refractivity contribution in [3.8, 4) is 0 Å². The Morgan fingerprint density at radius 3 is 2.44 bits per heavy atom. The van der Waals surface area contributed by atoms with Crippen molar-refractivity contribution in [2.45, 2.75) is 44.6 Å². The van der Waals surface area contributed by atoms with Crippen LogP contribution in [0.3, 0.4) is 0 Å². The van der Waals surface area contributed by atoms with E-state index < -0.39 is 0 Å². The molecule has 0 unspecified atom stereocenters. The molecule has 0 radical (unpaired) electrons. The number of nitrogens with one attached hydrogen (secondary N) is 3. The van der Waals surface area contributed by atoms with E-state index in [1.165, 1.54) is 38.5 Å². The largest absolute Gasteiger partial charge is 0.351 e. The number of hydrogen-bond donors (Lipinski definition) is 3. The Balaban J connectivity index is 1.41. The number of nitrogens with zero attached hydrogens (tertiary/aromatic N) is 1. The van der Waals surface area contributed by atoms with Gasteiger partial charge in [-0.05, 0) is 37.1 Å². The van der Waals surface area contributed by atoms with Crippen LogP contribution in [-0.4, -0.2) is 44.2 Å². The van der Waals surface area contributed by atoms with Gasteiger partial charge in [-0.2, -0.15) is 0 Å². The zero-order chi connectivity index (χ0) is 17.5. The molecule has 1 saturated heterocycles. The van der Waals surface area contributed by atoms with E-state index in [9.17, 15) is 9.59 Å². The maximum Gasteiger partial charge on any atom is 0.321 e. The molecule has 1 saturated carbocycles. The fourth-order valence-corrected chi connectivity index (χ4v) is 3.55. The number of amides is 3. The molecule has 136 valence electrons. The van der Waals surface area contributed by atoms with E-state index in [4.69, 9.17) is 0 Å². The van der Waals surface area contributed by atoms with E-state index >= 15 is 0 Å². The van der Waals surface area contributed by atoms with Crippen LogP contribution in [0.2, 0.25) is 0 Å². The van der Waals surface area contributed by atoms with Gasteiger partial charge >= 0.3 is 6.03 Å². The van der Waals surface area contributed by atoms with Crippen molar-refractivity contribution in [2.24, 2.45) is 0 Å². The van der Waals surface area contributed by atoms with Crippen molar-refractivity contribution in [2.75, 3.05) is 31.1 Å². The summed E-state index contributed by atoms with van der Waals surface area (Å²) in [6.45, 7) is 2.76. The van der Waals surface area contributed by atoms with Gasteiger partial charge in [0, 0.05) is 43.5 Å². The molecule has 1 aromatic carbocycles. The number of benzene rings is 1. The smallest absolute Gasteiger partial charge is 0.321 e. The highest BCUT2D eigenvalue weighted by molar-refractivity contribution is 5.96. The third-order valence-electron chi connectivity index (χ3n) is 5.00. The highest BCUT2D eigenvalue weighted by Crippen LogP contribution is 2.18. The van der Waals surface area contributed by atoms with Crippen LogP contribution in [0.4, 0.5) is 10.5 Å². The molecule has 2 aliphatic rings. The monoisotopic (exact) mass is 344 g/mol. The lowest BCUT2D eigenvalue weighted by Crippen LogP contribution is -2.36. The van der Waals surface area contributed by atoms with E-state index in [0.717, 1.165) is 12.2 Å². The van der Waals surface area contributed by atoms with Crippen LogP contribution in [0.25, 0.3) is 0 Å². The van der Waals surface area contributed by atoms with Gasteiger partial charge in [0.25, 0.3) is 5.91 Å². The van der Waals surface area contributed by atoms with Crippen molar-refractivity contribution < 1.29 is 9.59 Å². The Morgan fingerprint density at radius 2 is 1.80 bits per heavy atom. The van der Waals surface area contributed by atoms with Crippen LogP contribution in [0.5, 0.6) is 0 Å². The molecule has 25 heavy (non-hydrogen) atoms. The molecule has 3 N–H and O–H groups in total. The van der Waals surface area contributed by atoms with Crippen LogP contribution in [0.1, 0.15) is 48.9 Å². The van der Waals surface area contributed by atoms with Gasteiger partial charge in [0.05, 0.1) is 0 Å². The Morgan fingerprint density at radius 1 is 1.08 bits per heavy atom. The van der Waals surface area contributed by atoms with Gasteiger partial charge in [-0.25, -0.2) is 4.79 Å². The Bertz CT molecular complexity index is 580. The lowest BCUT2D eigenvalue weighted by molar-refractivity contribution is 0.0953. The maximum atomic E-state index is 12.2. The summed E-state index contributed by atoms with van der Waals surface area (Å²) in [6, 6.07) is 7.71. The summed E-state index contributed by atoms with van der Waals surface area (Å²) in [5, 5.41) is 9.28. The first kappa shape index (κ1) is 17.7. The first-order valence-corrected chi connectivity index (χ1v) is 9.41. The zero-order valence-corrected chi connectivity index (χ0v) is 14.7. The minimum Gasteiger partial charge on any atom is -0.351 e. The lowest BCUT2D eigenvalue weighted by atomic mass is 10.1. The summed E-state index contributed by atoms with van der Waals surface area (Å²) in [5.74, 6) is -0.0694. The molecule has 0 atom stereocenters. The molecule has 0 spiro atoms. The number of anilines is 1. The number of rotatable bonds is 6. The highest BCUT2D eigenvalue weighted by atomic mass is 16.2. The standard InChI is InChI=1S/C19H28N4O2/c24-18(21-12-11-20-16-5-3-1-2-4-6-16)15-7-9-17(10-8-15)23-14-13-22-19(23)25/h7-10,16,20H,1-6,11-14H2,(H,21,24)(H,22,25). The van der Waals surface area contributed by atoms with Crippen LogP contribution >= 0.6 is 0 Å². The predicted octanol–water partition coefficient (Wildman–Crippen LogP) is 2.26. The number of carbonyl (C=O) groups excluding carboxylic acids is 2. The molecule has 1 heterocycles. The highest BCUT2D eigenvalue weighted by Gasteiger charge is 2.21. The molecule has 1 aliphatic carbocycles. The van der Waals surface area contributed by atoms with Gasteiger partial charge in [0.15, 0.2) is 0 Å². The molecular formula is C19H28N4O2. The summed E-state index contributed by atoms with van der Waals surface area (Å²) in [6.07, 6.45) is 7.82. The predicted molar refractivity (Wildman–Crippen MR) is 99.0 cm³/mol. The molecule has 0 aromatic heterocycles. The van der Waals surface area contributed by atoms with Crippen LogP contribution in [0.15, 0.2) is 24.3 Å². The molecule has 1 aromatic rings. The van der Waals surface area contributed by atoms with Gasteiger partial charge in [-0.1, -0.05) is 25.7 Å². The minimum atomic E-state index is -0.0817. The first-order valence-electron chi connectivity index (χ1n) is 9.41. The van der Waals surface area contributed by atoms with Crippen molar-refractivity contribution in [3.63, 3.8) is 0 Å². The minimum absolute atomic E-state index is 0.0694. The fraction of sp³-hybridized carbons (Fsp3) is 0.579. The second-order valence-corrected chi connectivity index (χ2v) is 6.83. The first-order chi connectivity index (χ1) is 12.2. The van der Waals surface area contributed by atoms with Crippen molar-refractivity contribution in [1.82, 2.24) is 16.0 Å². The molecule has 1 aliphatic heterocycles. The SMILES string of the molecule is O=C(NCCNC1CCCCCC1)c1ccc(N2CCNC2=O)cc1. The van der Waals surface area contributed by atoms with Crippen molar-refractivity contribution in [3.05, 3.63) is 29.8 Å². The Hall–Kier alpha value is -2.08. The maximum absolute atomic E-state index is 12.2. The second kappa shape index (κ2) is 8.85. The van der Waals surface area contributed by atoms with Gasteiger partial charge < -0.3 is 16.0 Å². The van der Waals surface area contributed by atoms with Crippen LogP contribution in [-0.2, 0) is 0 Å². The van der Waals surface area contributed by atoms with Crippen molar-refractivity contribution in [1.29, 1.82) is 0 Å².